The summed E-state index contributed by atoms with van der Waals surface area (Å²) in [7, 11) is -2.24. The predicted octanol–water partition coefficient (Wildman–Crippen LogP) is 4.37. The largest absolute Gasteiger partial charge is 0.496 e. The van der Waals surface area contributed by atoms with Gasteiger partial charge in [-0.15, -0.1) is 0 Å². The molecule has 0 atom stereocenters. The van der Waals surface area contributed by atoms with E-state index in [1.54, 1.807) is 42.5 Å². The second-order valence-corrected chi connectivity index (χ2v) is 8.29. The zero-order valence-electron chi connectivity index (χ0n) is 16.4. The minimum atomic E-state index is -3.74. The molecule has 0 aliphatic heterocycles. The van der Waals surface area contributed by atoms with Gasteiger partial charge in [-0.25, -0.2) is 8.42 Å². The lowest BCUT2D eigenvalue weighted by atomic mass is 10.1. The lowest BCUT2D eigenvalue weighted by molar-refractivity contribution is 0.102. The molecule has 0 saturated heterocycles. The molecule has 0 aromatic heterocycles. The molecule has 0 unspecified atom stereocenters. The van der Waals surface area contributed by atoms with Crippen LogP contribution in [-0.2, 0) is 10.0 Å². The summed E-state index contributed by atoms with van der Waals surface area (Å²) in [6.45, 7) is 3.80. The Kier molecular flexibility index (Phi) is 5.89. The van der Waals surface area contributed by atoms with Crippen molar-refractivity contribution in [2.45, 2.75) is 18.7 Å². The van der Waals surface area contributed by atoms with Crippen LogP contribution < -0.4 is 14.8 Å². The molecule has 7 heteroatoms. The first-order valence-corrected chi connectivity index (χ1v) is 10.4. The summed E-state index contributed by atoms with van der Waals surface area (Å²) in [5.74, 6) is 0.119. The molecule has 0 aliphatic rings. The first kappa shape index (κ1) is 20.4. The first-order valence-electron chi connectivity index (χ1n) is 8.94. The average Bonchev–Trinajstić information content (AvgIpc) is 2.70. The molecule has 3 aromatic rings. The number of amides is 1. The fourth-order valence-electron chi connectivity index (χ4n) is 2.88. The lowest BCUT2D eigenvalue weighted by Gasteiger charge is -2.12. The number of carbonyl (C=O) groups excluding carboxylic acids is 1. The maximum Gasteiger partial charge on any atom is 0.261 e. The topological polar surface area (TPSA) is 84.5 Å². The van der Waals surface area contributed by atoms with Crippen molar-refractivity contribution in [3.63, 3.8) is 0 Å². The number of anilines is 2. The molecule has 150 valence electrons. The van der Waals surface area contributed by atoms with E-state index >= 15 is 0 Å². The normalized spacial score (nSPS) is 11.0. The molecule has 3 rings (SSSR count). The number of para-hydroxylation sites is 1. The zero-order chi connectivity index (χ0) is 21.0. The molecule has 0 spiro atoms. The van der Waals surface area contributed by atoms with Gasteiger partial charge in [-0.1, -0.05) is 29.8 Å². The van der Waals surface area contributed by atoms with Gasteiger partial charge in [-0.05, 0) is 61.9 Å². The summed E-state index contributed by atoms with van der Waals surface area (Å²) in [6, 6.07) is 18.4. The number of benzene rings is 3. The van der Waals surface area contributed by atoms with Crippen LogP contribution in [0.5, 0.6) is 5.75 Å². The molecular formula is C22H22N2O4S. The maximum absolute atomic E-state index is 12.7. The van der Waals surface area contributed by atoms with E-state index in [-0.39, 0.29) is 10.8 Å². The molecule has 6 nitrogen and oxygen atoms in total. The Labute approximate surface area is 170 Å². The minimum Gasteiger partial charge on any atom is -0.496 e. The van der Waals surface area contributed by atoms with Gasteiger partial charge >= 0.3 is 0 Å². The van der Waals surface area contributed by atoms with Gasteiger partial charge in [0.05, 0.1) is 23.3 Å². The Bertz CT molecular complexity index is 1140. The molecule has 0 aliphatic carbocycles. The number of sulfonamides is 1. The van der Waals surface area contributed by atoms with E-state index in [9.17, 15) is 13.2 Å². The lowest BCUT2D eigenvalue weighted by Crippen LogP contribution is -2.15. The van der Waals surface area contributed by atoms with Crippen LogP contribution in [0.3, 0.4) is 0 Å². The Balaban J connectivity index is 1.76. The monoisotopic (exact) mass is 410 g/mol. The molecule has 0 saturated carbocycles. The van der Waals surface area contributed by atoms with Crippen molar-refractivity contribution < 1.29 is 17.9 Å². The number of carbonyl (C=O) groups is 1. The summed E-state index contributed by atoms with van der Waals surface area (Å²) in [5.41, 5.74) is 3.30. The second kappa shape index (κ2) is 8.36. The molecule has 29 heavy (non-hydrogen) atoms. The third kappa shape index (κ3) is 4.75. The van der Waals surface area contributed by atoms with Crippen molar-refractivity contribution in [1.82, 2.24) is 0 Å². The molecule has 1 amide bonds. The number of aryl methyl sites for hydroxylation is 2. The first-order chi connectivity index (χ1) is 13.8. The van der Waals surface area contributed by atoms with Crippen LogP contribution in [0.4, 0.5) is 11.4 Å². The highest BCUT2D eigenvalue weighted by Gasteiger charge is 2.16. The predicted molar refractivity (Wildman–Crippen MR) is 114 cm³/mol. The summed E-state index contributed by atoms with van der Waals surface area (Å²) in [5, 5.41) is 2.74. The van der Waals surface area contributed by atoms with E-state index in [0.29, 0.717) is 22.7 Å². The fourth-order valence-corrected chi connectivity index (χ4v) is 4.01. The van der Waals surface area contributed by atoms with Crippen LogP contribution in [-0.4, -0.2) is 21.4 Å². The van der Waals surface area contributed by atoms with Crippen LogP contribution in [0.15, 0.2) is 71.6 Å². The van der Waals surface area contributed by atoms with Gasteiger partial charge in [-0.2, -0.15) is 0 Å². The third-order valence-corrected chi connectivity index (χ3v) is 5.78. The van der Waals surface area contributed by atoms with E-state index < -0.39 is 10.0 Å². The summed E-state index contributed by atoms with van der Waals surface area (Å²) >= 11 is 0. The van der Waals surface area contributed by atoms with Crippen molar-refractivity contribution in [2.24, 2.45) is 0 Å². The highest BCUT2D eigenvalue weighted by atomic mass is 32.2. The Hall–Kier alpha value is -3.32. The Morgan fingerprint density at radius 2 is 1.62 bits per heavy atom. The van der Waals surface area contributed by atoms with Crippen LogP contribution >= 0.6 is 0 Å². The third-order valence-electron chi connectivity index (χ3n) is 4.40. The zero-order valence-corrected chi connectivity index (χ0v) is 17.2. The highest BCUT2D eigenvalue weighted by Crippen LogP contribution is 2.23. The van der Waals surface area contributed by atoms with Crippen LogP contribution in [0, 0.1) is 13.8 Å². The van der Waals surface area contributed by atoms with Crippen molar-refractivity contribution in [3.8, 4) is 5.75 Å². The number of nitrogens with one attached hydrogen (secondary N) is 2. The molecule has 2 N–H and O–H groups in total. The highest BCUT2D eigenvalue weighted by molar-refractivity contribution is 7.92. The van der Waals surface area contributed by atoms with E-state index in [1.165, 1.54) is 19.2 Å². The average molecular weight is 410 g/mol. The van der Waals surface area contributed by atoms with Gasteiger partial charge < -0.3 is 10.1 Å². The van der Waals surface area contributed by atoms with E-state index in [2.05, 4.69) is 10.0 Å². The Morgan fingerprint density at radius 1 is 0.931 bits per heavy atom. The smallest absolute Gasteiger partial charge is 0.261 e. The van der Waals surface area contributed by atoms with Gasteiger partial charge in [0.15, 0.2) is 0 Å². The number of hydrogen-bond acceptors (Lipinski definition) is 4. The maximum atomic E-state index is 12.7. The Morgan fingerprint density at radius 3 is 2.28 bits per heavy atom. The number of hydrogen-bond donors (Lipinski definition) is 2. The van der Waals surface area contributed by atoms with Crippen molar-refractivity contribution >= 4 is 27.3 Å². The molecule has 0 radical (unpaired) electrons. The molecule has 3 aromatic carbocycles. The van der Waals surface area contributed by atoms with Crippen LogP contribution in [0.2, 0.25) is 0 Å². The van der Waals surface area contributed by atoms with Crippen molar-refractivity contribution in [3.05, 3.63) is 83.4 Å². The summed E-state index contributed by atoms with van der Waals surface area (Å²) in [6.07, 6.45) is 0. The molecule has 0 heterocycles. The summed E-state index contributed by atoms with van der Waals surface area (Å²) < 4.78 is 33.1. The quantitative estimate of drug-likeness (QED) is 0.632. The van der Waals surface area contributed by atoms with E-state index in [4.69, 9.17) is 4.74 Å². The van der Waals surface area contributed by atoms with Gasteiger partial charge in [0, 0.05) is 5.69 Å². The molecular weight excluding hydrogens is 388 g/mol. The summed E-state index contributed by atoms with van der Waals surface area (Å²) in [4.78, 5) is 12.6. The van der Waals surface area contributed by atoms with Crippen LogP contribution in [0.1, 0.15) is 21.5 Å². The fraction of sp³-hybridized carbons (Fsp3) is 0.136. The second-order valence-electron chi connectivity index (χ2n) is 6.60. The van der Waals surface area contributed by atoms with E-state index in [0.717, 1.165) is 11.1 Å². The molecule has 0 bridgehead atoms. The van der Waals surface area contributed by atoms with Gasteiger partial charge in [0.1, 0.15) is 5.75 Å². The number of methoxy groups -OCH3 is 1. The van der Waals surface area contributed by atoms with Gasteiger partial charge in [0.2, 0.25) is 0 Å². The minimum absolute atomic E-state index is 0.104. The SMILES string of the molecule is COc1ccccc1C(=O)Nc1ccc(S(=O)(=O)Nc2ccc(C)cc2C)cc1. The van der Waals surface area contributed by atoms with E-state index in [1.807, 2.05) is 26.0 Å². The number of rotatable bonds is 6. The van der Waals surface area contributed by atoms with Crippen molar-refractivity contribution in [1.29, 1.82) is 0 Å². The number of ether oxygens (including phenoxy) is 1. The van der Waals surface area contributed by atoms with Crippen LogP contribution in [0.25, 0.3) is 0 Å². The van der Waals surface area contributed by atoms with Crippen molar-refractivity contribution in [2.75, 3.05) is 17.1 Å². The standard InChI is InChI=1S/C22H22N2O4S/c1-15-8-13-20(16(2)14-15)24-29(26,27)18-11-9-17(10-12-18)23-22(25)19-6-4-5-7-21(19)28-3/h4-14,24H,1-3H3,(H,23,25). The van der Waals surface area contributed by atoms with Gasteiger partial charge in [-0.3, -0.25) is 9.52 Å². The van der Waals surface area contributed by atoms with Gasteiger partial charge in [0.25, 0.3) is 15.9 Å². The molecule has 0 fully saturated rings.